The highest BCUT2D eigenvalue weighted by Gasteiger charge is 2.54. The van der Waals surface area contributed by atoms with Crippen molar-refractivity contribution in [3.63, 3.8) is 0 Å². The van der Waals surface area contributed by atoms with Crippen molar-refractivity contribution in [2.24, 2.45) is 10.9 Å². The van der Waals surface area contributed by atoms with E-state index in [1.54, 1.807) is 24.2 Å². The normalized spacial score (nSPS) is 19.7. The van der Waals surface area contributed by atoms with E-state index in [0.29, 0.717) is 30.0 Å². The number of pyridine rings is 1. The molecule has 1 saturated heterocycles. The van der Waals surface area contributed by atoms with Crippen molar-refractivity contribution in [1.29, 1.82) is 0 Å². The number of hydrogen-bond acceptors (Lipinski definition) is 12. The summed E-state index contributed by atoms with van der Waals surface area (Å²) in [5, 5.41) is 15.4. The van der Waals surface area contributed by atoms with E-state index in [4.69, 9.17) is 23.1 Å². The van der Waals surface area contributed by atoms with Crippen LogP contribution in [0, 0.1) is 4.91 Å². The fourth-order valence-corrected chi connectivity index (χ4v) is 7.08. The van der Waals surface area contributed by atoms with Crippen molar-refractivity contribution in [1.82, 2.24) is 20.2 Å². The molecule has 0 aliphatic carbocycles. The van der Waals surface area contributed by atoms with E-state index in [2.05, 4.69) is 20.5 Å². The highest BCUT2D eigenvalue weighted by molar-refractivity contribution is 8.03. The van der Waals surface area contributed by atoms with E-state index in [-0.39, 0.29) is 20.9 Å². The number of anilines is 1. The Morgan fingerprint density at radius 1 is 1.43 bits per heavy atom. The molecule has 16 heteroatoms. The monoisotopic (exact) mass is 583 g/mol. The number of aromatic nitrogens is 2. The minimum absolute atomic E-state index is 0.0474. The summed E-state index contributed by atoms with van der Waals surface area (Å²) < 4.78 is 0.0474. The van der Waals surface area contributed by atoms with E-state index in [1.807, 2.05) is 6.07 Å². The largest absolute Gasteiger partial charge is 0.477 e. The Balaban J connectivity index is 1.52. The van der Waals surface area contributed by atoms with Gasteiger partial charge in [-0.25, -0.2) is 9.78 Å². The average molecular weight is 584 g/mol. The molecule has 12 nitrogen and oxygen atoms in total. The molecule has 1 fully saturated rings. The molecule has 6 N–H and O–H groups in total. The number of allylic oxidation sites excluding steroid dienone is 1. The molecule has 0 spiro atoms. The quantitative estimate of drug-likeness (QED) is 0.172. The Morgan fingerprint density at radius 2 is 2.22 bits per heavy atom. The molecule has 4 rings (SSSR count). The molecule has 0 radical (unpaired) electrons. The molecule has 0 bridgehead atoms. The highest BCUT2D eigenvalue weighted by atomic mass is 35.5. The van der Waals surface area contributed by atoms with Crippen LogP contribution in [0.15, 0.2) is 39.1 Å². The molecule has 3 atom stereocenters. The number of nitrogen functional groups attached to an aromatic ring is 1. The Labute approximate surface area is 228 Å². The summed E-state index contributed by atoms with van der Waals surface area (Å²) in [6, 6.07) is -1.36. The number of β-lactam (4-membered cyclic amide) rings is 1. The van der Waals surface area contributed by atoms with Crippen molar-refractivity contribution in [3.8, 4) is 0 Å². The summed E-state index contributed by atoms with van der Waals surface area (Å²) in [5.41, 5.74) is 11.9. The lowest BCUT2D eigenvalue weighted by Crippen LogP contribution is -2.71. The fraction of sp³-hybridized carbons (Fsp3) is 0.381. The van der Waals surface area contributed by atoms with Crippen LogP contribution < -0.4 is 16.8 Å². The second-order valence-electron chi connectivity index (χ2n) is 8.02. The van der Waals surface area contributed by atoms with Gasteiger partial charge in [-0.2, -0.15) is 11.8 Å². The summed E-state index contributed by atoms with van der Waals surface area (Å²) in [6.07, 6.45) is 4.17. The van der Waals surface area contributed by atoms with Crippen molar-refractivity contribution in [3.05, 3.63) is 49.6 Å². The Hall–Kier alpha value is -2.72. The second kappa shape index (κ2) is 11.8. The third-order valence-corrected chi connectivity index (χ3v) is 9.16. The Bertz CT molecular complexity index is 1270. The molecule has 37 heavy (non-hydrogen) atoms. The molecule has 196 valence electrons. The van der Waals surface area contributed by atoms with Crippen LogP contribution >= 0.6 is 46.5 Å². The number of fused-ring (bicyclic) bond motifs is 1. The standard InChI is InChI=1S/C21H22ClN7O5S3/c22-17-14(27-21(24)37-17)15(28-34)18(30)26-13-10-1-2-12(16(20(32)33)29(10)19(13)31)36-11-3-5-25-7-9(11)8-35-6-4-23/h3,5,7,10,13,15H,1-2,4,6,8,23H2,(H2,24,27)(H,26,30)(H,32,33). The van der Waals surface area contributed by atoms with Gasteiger partial charge in [0.05, 0.1) is 6.04 Å². The minimum Gasteiger partial charge on any atom is -0.477 e. The van der Waals surface area contributed by atoms with Crippen LogP contribution in [-0.4, -0.2) is 62.1 Å². The van der Waals surface area contributed by atoms with Gasteiger partial charge in [-0.3, -0.25) is 19.5 Å². The number of carboxylic acids is 1. The maximum absolute atomic E-state index is 13.0. The van der Waals surface area contributed by atoms with Crippen molar-refractivity contribution in [2.75, 3.05) is 18.0 Å². The van der Waals surface area contributed by atoms with Gasteiger partial charge >= 0.3 is 5.97 Å². The van der Waals surface area contributed by atoms with Crippen molar-refractivity contribution in [2.45, 2.75) is 41.6 Å². The molecular weight excluding hydrogens is 562 g/mol. The smallest absolute Gasteiger partial charge is 0.353 e. The molecule has 2 aliphatic rings. The number of carboxylic acid groups (broad SMARTS) is 1. The predicted octanol–water partition coefficient (Wildman–Crippen LogP) is 2.35. The minimum atomic E-state index is -1.59. The number of nitrogens with one attached hydrogen (secondary N) is 1. The molecule has 2 aromatic rings. The first-order chi connectivity index (χ1) is 17.8. The lowest BCUT2D eigenvalue weighted by molar-refractivity contribution is -0.156. The number of amides is 2. The van der Waals surface area contributed by atoms with Crippen molar-refractivity contribution >= 4 is 69.4 Å². The van der Waals surface area contributed by atoms with Crippen molar-refractivity contribution < 1.29 is 19.5 Å². The topological polar surface area (TPSA) is 194 Å². The van der Waals surface area contributed by atoms with Gasteiger partial charge in [0.25, 0.3) is 11.8 Å². The maximum atomic E-state index is 13.0. The molecule has 3 unspecified atom stereocenters. The van der Waals surface area contributed by atoms with Crippen LogP contribution in [-0.2, 0) is 20.1 Å². The zero-order valence-corrected chi connectivity index (χ0v) is 22.3. The van der Waals surface area contributed by atoms with E-state index >= 15 is 0 Å². The van der Waals surface area contributed by atoms with Gasteiger partial charge in [0.1, 0.15) is 21.8 Å². The molecule has 2 amide bonds. The molecule has 4 heterocycles. The summed E-state index contributed by atoms with van der Waals surface area (Å²) in [7, 11) is 0. The number of aliphatic carboxylic acids is 1. The molecule has 0 saturated carbocycles. The first-order valence-corrected chi connectivity index (χ1v) is 14.2. The number of rotatable bonds is 11. The Morgan fingerprint density at radius 3 is 2.86 bits per heavy atom. The van der Waals surface area contributed by atoms with Crippen LogP contribution in [0.3, 0.4) is 0 Å². The van der Waals surface area contributed by atoms with E-state index in [1.165, 1.54) is 16.7 Å². The SMILES string of the molecule is NCCSCc1cnccc1SC1=C(C(=O)O)N2C(=O)C(NC(=O)C(N=O)c3nc(N)sc3Cl)C2CC1. The fourth-order valence-electron chi connectivity index (χ4n) is 4.10. The highest BCUT2D eigenvalue weighted by Crippen LogP contribution is 2.44. The lowest BCUT2D eigenvalue weighted by Gasteiger charge is -2.50. The summed E-state index contributed by atoms with van der Waals surface area (Å²) in [5.74, 6) is -1.24. The van der Waals surface area contributed by atoms with Crippen LogP contribution in [0.5, 0.6) is 0 Å². The van der Waals surface area contributed by atoms with Crippen LogP contribution in [0.2, 0.25) is 4.34 Å². The van der Waals surface area contributed by atoms with Crippen LogP contribution in [0.4, 0.5) is 5.13 Å². The molecule has 2 aliphatic heterocycles. The number of nitroso groups, excluding NO2 is 1. The summed E-state index contributed by atoms with van der Waals surface area (Å²) in [4.78, 5) is 60.0. The lowest BCUT2D eigenvalue weighted by atomic mass is 9.86. The van der Waals surface area contributed by atoms with Gasteiger partial charge in [0.15, 0.2) is 5.13 Å². The molecule has 0 aromatic carbocycles. The van der Waals surface area contributed by atoms with E-state index in [9.17, 15) is 24.4 Å². The Kier molecular flexibility index (Phi) is 8.69. The summed E-state index contributed by atoms with van der Waals surface area (Å²) in [6.45, 7) is 0.548. The number of hydrogen-bond donors (Lipinski definition) is 4. The van der Waals surface area contributed by atoms with Gasteiger partial charge < -0.3 is 21.9 Å². The second-order valence-corrected chi connectivity index (χ2v) is 11.9. The number of thiazole rings is 1. The number of carbonyl (C=O) groups is 3. The number of halogens is 1. The van der Waals surface area contributed by atoms with Crippen LogP contribution in [0.25, 0.3) is 0 Å². The van der Waals surface area contributed by atoms with E-state index < -0.39 is 35.9 Å². The number of carbonyl (C=O) groups excluding carboxylic acids is 2. The number of nitrogens with two attached hydrogens (primary N) is 2. The van der Waals surface area contributed by atoms with Gasteiger partial charge in [0, 0.05) is 40.2 Å². The first-order valence-electron chi connectivity index (χ1n) is 11.0. The zero-order chi connectivity index (χ0) is 26.7. The average Bonchev–Trinajstić information content (AvgIpc) is 3.20. The van der Waals surface area contributed by atoms with Gasteiger partial charge in [-0.15, -0.1) is 4.91 Å². The maximum Gasteiger partial charge on any atom is 0.353 e. The first kappa shape index (κ1) is 27.3. The summed E-state index contributed by atoms with van der Waals surface area (Å²) >= 11 is 9.84. The van der Waals surface area contributed by atoms with E-state index in [0.717, 1.165) is 27.5 Å². The number of thioether (sulfide) groups is 2. The van der Waals surface area contributed by atoms with Gasteiger partial charge in [-0.1, -0.05) is 34.7 Å². The molecule has 2 aromatic heterocycles. The van der Waals surface area contributed by atoms with Crippen LogP contribution in [0.1, 0.15) is 30.1 Å². The van der Waals surface area contributed by atoms with Gasteiger partial charge in [0.2, 0.25) is 6.04 Å². The number of nitrogens with zero attached hydrogens (tertiary/aromatic N) is 4. The molecular formula is C21H22ClN7O5S3. The third kappa shape index (κ3) is 5.60. The van der Waals surface area contributed by atoms with Gasteiger partial charge in [-0.05, 0) is 29.6 Å². The zero-order valence-electron chi connectivity index (χ0n) is 19.1. The third-order valence-electron chi connectivity index (χ3n) is 5.74. The predicted molar refractivity (Wildman–Crippen MR) is 142 cm³/mol.